The first-order valence-corrected chi connectivity index (χ1v) is 5.56. The maximum absolute atomic E-state index is 9.91. The van der Waals surface area contributed by atoms with Gasteiger partial charge in [-0.25, -0.2) is 0 Å². The Kier molecular flexibility index (Phi) is 2.44. The molecule has 0 spiro atoms. The van der Waals surface area contributed by atoms with Gasteiger partial charge in [0.2, 0.25) is 0 Å². The summed E-state index contributed by atoms with van der Waals surface area (Å²) in [5.74, 6) is 1.51. The molecule has 0 radical (unpaired) electrons. The van der Waals surface area contributed by atoms with E-state index in [2.05, 4.69) is 26.8 Å². The third-order valence-electron chi connectivity index (χ3n) is 4.07. The number of aliphatic hydroxyl groups excluding tert-OH is 2. The average molecular weight is 196 g/mol. The smallest absolute Gasteiger partial charge is 0.0870 e. The molecule has 2 heteroatoms. The molecule has 2 N–H and O–H groups in total. The topological polar surface area (TPSA) is 40.5 Å². The monoisotopic (exact) mass is 196 g/mol. The van der Waals surface area contributed by atoms with Crippen molar-refractivity contribution in [2.24, 2.45) is 23.7 Å². The van der Waals surface area contributed by atoms with Gasteiger partial charge in [-0.3, -0.25) is 0 Å². The molecule has 0 aliphatic heterocycles. The largest absolute Gasteiger partial charge is 0.390 e. The van der Waals surface area contributed by atoms with Crippen molar-refractivity contribution >= 4 is 0 Å². The number of fused-ring (bicyclic) bond motifs is 2. The van der Waals surface area contributed by atoms with Crippen molar-refractivity contribution in [2.75, 3.05) is 0 Å². The zero-order valence-electron chi connectivity index (χ0n) is 9.14. The van der Waals surface area contributed by atoms with E-state index in [9.17, 15) is 10.2 Å². The Balaban J connectivity index is 2.28. The summed E-state index contributed by atoms with van der Waals surface area (Å²) in [7, 11) is 0. The van der Waals surface area contributed by atoms with Crippen molar-refractivity contribution in [3.8, 4) is 0 Å². The summed E-state index contributed by atoms with van der Waals surface area (Å²) in [6.45, 7) is 6.48. The molecule has 0 saturated heterocycles. The fourth-order valence-electron chi connectivity index (χ4n) is 3.13. The standard InChI is InChI=1S/C12H20O2/c1-6(2)8-5-9-7(3)4-10(8)12(14)11(9)13/h4,6,8-14H,5H2,1-3H3. The van der Waals surface area contributed by atoms with Crippen molar-refractivity contribution in [3.05, 3.63) is 11.6 Å². The van der Waals surface area contributed by atoms with Crippen LogP contribution in [0.3, 0.4) is 0 Å². The Morgan fingerprint density at radius 3 is 2.50 bits per heavy atom. The average Bonchev–Trinajstić information content (AvgIpc) is 2.12. The van der Waals surface area contributed by atoms with Crippen LogP contribution in [0.25, 0.3) is 0 Å². The summed E-state index contributed by atoms with van der Waals surface area (Å²) in [5.41, 5.74) is 1.27. The fourth-order valence-corrected chi connectivity index (χ4v) is 3.13. The van der Waals surface area contributed by atoms with Crippen LogP contribution in [0.2, 0.25) is 0 Å². The van der Waals surface area contributed by atoms with Gasteiger partial charge in [0, 0.05) is 11.8 Å². The molecular weight excluding hydrogens is 176 g/mol. The van der Waals surface area contributed by atoms with E-state index in [0.717, 1.165) is 6.42 Å². The first-order valence-electron chi connectivity index (χ1n) is 5.56. The van der Waals surface area contributed by atoms with Crippen LogP contribution >= 0.6 is 0 Å². The second kappa shape index (κ2) is 3.35. The van der Waals surface area contributed by atoms with E-state index in [1.807, 2.05) is 0 Å². The van der Waals surface area contributed by atoms with Gasteiger partial charge in [-0.05, 0) is 25.2 Å². The number of hydrogen-bond donors (Lipinski definition) is 2. The van der Waals surface area contributed by atoms with E-state index in [4.69, 9.17) is 0 Å². The molecule has 0 amide bonds. The minimum atomic E-state index is -0.537. The summed E-state index contributed by atoms with van der Waals surface area (Å²) >= 11 is 0. The molecule has 14 heavy (non-hydrogen) atoms. The minimum absolute atomic E-state index is 0.176. The van der Waals surface area contributed by atoms with Crippen LogP contribution in [0, 0.1) is 23.7 Å². The number of hydrogen-bond acceptors (Lipinski definition) is 2. The molecular formula is C12H20O2. The van der Waals surface area contributed by atoms with Crippen molar-refractivity contribution in [2.45, 2.75) is 39.4 Å². The maximum atomic E-state index is 9.91. The Morgan fingerprint density at radius 2 is 1.93 bits per heavy atom. The predicted octanol–water partition coefficient (Wildman–Crippen LogP) is 1.58. The van der Waals surface area contributed by atoms with E-state index >= 15 is 0 Å². The van der Waals surface area contributed by atoms with Gasteiger partial charge in [-0.15, -0.1) is 0 Å². The van der Waals surface area contributed by atoms with Gasteiger partial charge < -0.3 is 10.2 Å². The summed E-state index contributed by atoms with van der Waals surface area (Å²) in [5, 5.41) is 19.8. The first kappa shape index (κ1) is 10.2. The second-order valence-electron chi connectivity index (χ2n) is 5.22. The zero-order valence-corrected chi connectivity index (χ0v) is 9.14. The molecule has 0 heterocycles. The van der Waals surface area contributed by atoms with Crippen LogP contribution in [0.15, 0.2) is 11.6 Å². The molecule has 0 aromatic heterocycles. The van der Waals surface area contributed by atoms with Crippen molar-refractivity contribution in [3.63, 3.8) is 0 Å². The highest BCUT2D eigenvalue weighted by atomic mass is 16.3. The number of aliphatic hydroxyl groups is 2. The van der Waals surface area contributed by atoms with Crippen LogP contribution in [0.4, 0.5) is 0 Å². The van der Waals surface area contributed by atoms with Gasteiger partial charge in [0.1, 0.15) is 0 Å². The molecule has 3 rings (SSSR count). The highest BCUT2D eigenvalue weighted by molar-refractivity contribution is 5.21. The molecule has 1 fully saturated rings. The molecule has 5 unspecified atom stereocenters. The lowest BCUT2D eigenvalue weighted by Gasteiger charge is -2.48. The molecule has 2 bridgehead atoms. The van der Waals surface area contributed by atoms with Crippen LogP contribution in [0.1, 0.15) is 27.2 Å². The molecule has 0 aromatic carbocycles. The molecule has 0 aromatic rings. The lowest BCUT2D eigenvalue weighted by Crippen LogP contribution is -2.52. The number of rotatable bonds is 1. The van der Waals surface area contributed by atoms with Gasteiger partial charge in [0.05, 0.1) is 12.2 Å². The second-order valence-corrected chi connectivity index (χ2v) is 5.22. The Morgan fingerprint density at radius 1 is 1.29 bits per heavy atom. The summed E-state index contributed by atoms with van der Waals surface area (Å²) in [6, 6.07) is 0. The van der Waals surface area contributed by atoms with Crippen molar-refractivity contribution in [1.29, 1.82) is 0 Å². The van der Waals surface area contributed by atoms with E-state index in [1.165, 1.54) is 5.57 Å². The lowest BCUT2D eigenvalue weighted by atomic mass is 9.60. The maximum Gasteiger partial charge on any atom is 0.0870 e. The molecule has 1 saturated carbocycles. The summed E-state index contributed by atoms with van der Waals surface area (Å²) in [6.07, 6.45) is 2.16. The minimum Gasteiger partial charge on any atom is -0.390 e. The first-order chi connectivity index (χ1) is 6.52. The highest BCUT2D eigenvalue weighted by Crippen LogP contribution is 2.46. The van der Waals surface area contributed by atoms with Crippen LogP contribution < -0.4 is 0 Å². The summed E-state index contributed by atoms with van der Waals surface area (Å²) in [4.78, 5) is 0. The SMILES string of the molecule is CC1=CC2C(O)C(O)C1CC2C(C)C. The predicted molar refractivity (Wildman–Crippen MR) is 55.7 cm³/mol. The van der Waals surface area contributed by atoms with Gasteiger partial charge >= 0.3 is 0 Å². The van der Waals surface area contributed by atoms with Crippen molar-refractivity contribution < 1.29 is 10.2 Å². The Bertz CT molecular complexity index is 257. The van der Waals surface area contributed by atoms with Crippen LogP contribution in [-0.2, 0) is 0 Å². The van der Waals surface area contributed by atoms with E-state index < -0.39 is 12.2 Å². The summed E-state index contributed by atoms with van der Waals surface area (Å²) < 4.78 is 0. The van der Waals surface area contributed by atoms with Crippen LogP contribution in [-0.4, -0.2) is 22.4 Å². The Hall–Kier alpha value is -0.340. The molecule has 3 aliphatic carbocycles. The van der Waals surface area contributed by atoms with Gasteiger partial charge in [-0.2, -0.15) is 0 Å². The van der Waals surface area contributed by atoms with Crippen molar-refractivity contribution in [1.82, 2.24) is 0 Å². The van der Waals surface area contributed by atoms with E-state index in [-0.39, 0.29) is 11.8 Å². The molecule has 5 atom stereocenters. The van der Waals surface area contributed by atoms with E-state index in [1.54, 1.807) is 0 Å². The van der Waals surface area contributed by atoms with Gasteiger partial charge in [0.15, 0.2) is 0 Å². The van der Waals surface area contributed by atoms with E-state index in [0.29, 0.717) is 11.8 Å². The highest BCUT2D eigenvalue weighted by Gasteiger charge is 2.47. The third kappa shape index (κ3) is 1.32. The molecule has 2 nitrogen and oxygen atoms in total. The quantitative estimate of drug-likeness (QED) is 0.625. The third-order valence-corrected chi connectivity index (χ3v) is 4.07. The normalized spacial score (nSPS) is 47.0. The van der Waals surface area contributed by atoms with Gasteiger partial charge in [0.25, 0.3) is 0 Å². The van der Waals surface area contributed by atoms with Crippen LogP contribution in [0.5, 0.6) is 0 Å². The zero-order chi connectivity index (χ0) is 10.5. The Labute approximate surface area is 85.6 Å². The lowest BCUT2D eigenvalue weighted by molar-refractivity contribution is -0.0943. The molecule has 80 valence electrons. The fraction of sp³-hybridized carbons (Fsp3) is 0.833. The molecule has 3 aliphatic rings. The van der Waals surface area contributed by atoms with Gasteiger partial charge in [-0.1, -0.05) is 25.5 Å².